The van der Waals surface area contributed by atoms with Gasteiger partial charge in [0.2, 0.25) is 0 Å². The fraction of sp³-hybridized carbons (Fsp3) is 0.0256. The van der Waals surface area contributed by atoms with Crippen LogP contribution in [0.5, 0.6) is 0 Å². The molecule has 0 amide bonds. The van der Waals surface area contributed by atoms with Crippen molar-refractivity contribution in [2.45, 2.75) is 6.92 Å². The van der Waals surface area contributed by atoms with Crippen LogP contribution in [0.3, 0.4) is 0 Å². The lowest BCUT2D eigenvalue weighted by Gasteiger charge is -2.11. The lowest BCUT2D eigenvalue weighted by atomic mass is 9.97. The van der Waals surface area contributed by atoms with Gasteiger partial charge < -0.3 is 4.42 Å². The number of para-hydroxylation sites is 1. The number of fused-ring (bicyclic) bond motifs is 11. The van der Waals surface area contributed by atoms with Crippen LogP contribution in [-0.4, -0.2) is 9.97 Å². The average Bonchev–Trinajstić information content (AvgIpc) is 3.46. The summed E-state index contributed by atoms with van der Waals surface area (Å²) in [5.74, 6) is 0. The summed E-state index contributed by atoms with van der Waals surface area (Å²) in [5, 5.41) is 9.40. The summed E-state index contributed by atoms with van der Waals surface area (Å²) in [5.41, 5.74) is 8.89. The number of nitrogens with zero attached hydrogens (tertiary/aromatic N) is 2. The molecule has 0 bridgehead atoms. The Morgan fingerprint density at radius 1 is 0.524 bits per heavy atom. The zero-order valence-corrected chi connectivity index (χ0v) is 22.9. The van der Waals surface area contributed by atoms with Crippen LogP contribution in [0.2, 0.25) is 0 Å². The van der Waals surface area contributed by atoms with E-state index in [-0.39, 0.29) is 0 Å². The van der Waals surface area contributed by atoms with E-state index in [1.807, 2.05) is 6.20 Å². The number of hydrogen-bond donors (Lipinski definition) is 0. The van der Waals surface area contributed by atoms with Crippen LogP contribution in [0.1, 0.15) is 5.56 Å². The second-order valence-electron chi connectivity index (χ2n) is 11.0. The molecule has 0 fully saturated rings. The van der Waals surface area contributed by atoms with E-state index in [9.17, 15) is 0 Å². The quantitative estimate of drug-likeness (QED) is 0.206. The monoisotopic (exact) mass is 536 g/mol. The van der Waals surface area contributed by atoms with Crippen LogP contribution in [0.25, 0.3) is 87.7 Å². The van der Waals surface area contributed by atoms with Crippen LogP contribution in [0, 0.1) is 6.92 Å². The molecule has 2 heterocycles. The molecule has 3 nitrogen and oxygen atoms in total. The Morgan fingerprint density at radius 2 is 1.17 bits per heavy atom. The summed E-state index contributed by atoms with van der Waals surface area (Å²) >= 11 is 0. The van der Waals surface area contributed by atoms with Crippen LogP contribution in [0.4, 0.5) is 0 Å². The molecule has 2 aromatic heterocycles. The number of benzene rings is 7. The highest BCUT2D eigenvalue weighted by atomic mass is 16.3. The average molecular weight is 537 g/mol. The van der Waals surface area contributed by atoms with Crippen LogP contribution in [-0.2, 0) is 0 Å². The van der Waals surface area contributed by atoms with Gasteiger partial charge in [-0.3, -0.25) is 4.98 Å². The third-order valence-corrected chi connectivity index (χ3v) is 8.57. The minimum atomic E-state index is 0.850. The van der Waals surface area contributed by atoms with Crippen molar-refractivity contribution < 1.29 is 4.42 Å². The summed E-state index contributed by atoms with van der Waals surface area (Å²) in [6, 6.07) is 42.7. The Bertz CT molecular complexity index is 2510. The van der Waals surface area contributed by atoms with Gasteiger partial charge in [0.15, 0.2) is 0 Å². The van der Waals surface area contributed by atoms with E-state index >= 15 is 0 Å². The number of aromatic nitrogens is 2. The summed E-state index contributed by atoms with van der Waals surface area (Å²) in [6.45, 7) is 2.13. The van der Waals surface area contributed by atoms with Crippen molar-refractivity contribution in [1.29, 1.82) is 0 Å². The van der Waals surface area contributed by atoms with Crippen molar-refractivity contribution in [1.82, 2.24) is 9.97 Å². The van der Waals surface area contributed by atoms with Crippen LogP contribution < -0.4 is 0 Å². The molecule has 0 N–H and O–H groups in total. The smallest absolute Gasteiger partial charge is 0.143 e. The fourth-order valence-electron chi connectivity index (χ4n) is 6.65. The highest BCUT2D eigenvalue weighted by Crippen LogP contribution is 2.41. The summed E-state index contributed by atoms with van der Waals surface area (Å²) in [6.07, 6.45) is 1.90. The Kier molecular flexibility index (Phi) is 4.82. The predicted octanol–water partition coefficient (Wildman–Crippen LogP) is 10.6. The first-order valence-corrected chi connectivity index (χ1v) is 14.3. The zero-order chi connectivity index (χ0) is 27.8. The zero-order valence-electron chi connectivity index (χ0n) is 22.9. The first-order chi connectivity index (χ1) is 20.7. The molecule has 0 unspecified atom stereocenters. The third-order valence-electron chi connectivity index (χ3n) is 8.57. The van der Waals surface area contributed by atoms with Gasteiger partial charge in [0.1, 0.15) is 11.2 Å². The molecule has 196 valence electrons. The van der Waals surface area contributed by atoms with Crippen molar-refractivity contribution in [2.75, 3.05) is 0 Å². The van der Waals surface area contributed by atoms with Crippen molar-refractivity contribution in [2.24, 2.45) is 0 Å². The number of hydrogen-bond acceptors (Lipinski definition) is 3. The highest BCUT2D eigenvalue weighted by Gasteiger charge is 2.17. The summed E-state index contributed by atoms with van der Waals surface area (Å²) in [7, 11) is 0. The number of rotatable bonds is 2. The maximum atomic E-state index is 6.64. The molecule has 0 atom stereocenters. The van der Waals surface area contributed by atoms with Gasteiger partial charge in [-0.25, -0.2) is 4.98 Å². The molecule has 9 rings (SSSR count). The minimum Gasteiger partial charge on any atom is -0.455 e. The summed E-state index contributed by atoms with van der Waals surface area (Å²) < 4.78 is 6.64. The fourth-order valence-corrected chi connectivity index (χ4v) is 6.65. The Hall–Kier alpha value is -5.54. The molecular formula is C39H24N2O. The molecule has 0 saturated heterocycles. The Morgan fingerprint density at radius 3 is 1.98 bits per heavy atom. The van der Waals surface area contributed by atoms with Gasteiger partial charge in [-0.15, -0.1) is 0 Å². The molecule has 0 spiro atoms. The van der Waals surface area contributed by atoms with Crippen molar-refractivity contribution in [3.63, 3.8) is 0 Å². The van der Waals surface area contributed by atoms with Crippen molar-refractivity contribution in [3.05, 3.63) is 133 Å². The molecule has 7 aromatic carbocycles. The van der Waals surface area contributed by atoms with Gasteiger partial charge >= 0.3 is 0 Å². The lowest BCUT2D eigenvalue weighted by Crippen LogP contribution is -1.92. The first-order valence-electron chi connectivity index (χ1n) is 14.3. The minimum absolute atomic E-state index is 0.850. The van der Waals surface area contributed by atoms with E-state index in [4.69, 9.17) is 14.4 Å². The molecule has 3 heteroatoms. The maximum absolute atomic E-state index is 6.64. The number of furan rings is 1. The predicted molar refractivity (Wildman–Crippen MR) is 175 cm³/mol. The molecule has 0 aliphatic carbocycles. The van der Waals surface area contributed by atoms with Gasteiger partial charge in [-0.2, -0.15) is 0 Å². The van der Waals surface area contributed by atoms with Crippen molar-refractivity contribution in [3.8, 4) is 22.4 Å². The maximum Gasteiger partial charge on any atom is 0.143 e. The van der Waals surface area contributed by atoms with Gasteiger partial charge in [-0.1, -0.05) is 109 Å². The normalized spacial score (nSPS) is 11.9. The molecule has 0 aliphatic rings. The third kappa shape index (κ3) is 3.28. The topological polar surface area (TPSA) is 38.9 Å². The molecule has 0 radical (unpaired) electrons. The largest absolute Gasteiger partial charge is 0.455 e. The lowest BCUT2D eigenvalue weighted by molar-refractivity contribution is 0.667. The standard InChI is InChI=1S/C39H24N2O/c1-23-20-24-10-2-3-13-27(24)35-33-19-9-18-28(39(33)42-38(23)35)25-11-8-12-26(21-25)34-22-40-36-31-16-6-4-14-29(31)30-15-5-7-17-32(30)37(36)41-34/h2-22H,1H3. The van der Waals surface area contributed by atoms with E-state index < -0.39 is 0 Å². The van der Waals surface area contributed by atoms with Crippen molar-refractivity contribution >= 4 is 65.3 Å². The molecule has 0 saturated carbocycles. The molecule has 42 heavy (non-hydrogen) atoms. The highest BCUT2D eigenvalue weighted by molar-refractivity contribution is 6.23. The van der Waals surface area contributed by atoms with Gasteiger partial charge in [0.05, 0.1) is 22.9 Å². The van der Waals surface area contributed by atoms with E-state index in [1.54, 1.807) is 0 Å². The van der Waals surface area contributed by atoms with Crippen LogP contribution >= 0.6 is 0 Å². The van der Waals surface area contributed by atoms with Gasteiger partial charge in [0, 0.05) is 32.7 Å². The summed E-state index contributed by atoms with van der Waals surface area (Å²) in [4.78, 5) is 10.2. The first kappa shape index (κ1) is 23.2. The van der Waals surface area contributed by atoms with Gasteiger partial charge in [-0.05, 0) is 51.7 Å². The number of aryl methyl sites for hydroxylation is 1. The Balaban J connectivity index is 1.26. The molecular weight excluding hydrogens is 512 g/mol. The van der Waals surface area contributed by atoms with E-state index in [1.165, 1.54) is 26.9 Å². The molecule has 0 aliphatic heterocycles. The molecule has 9 aromatic rings. The van der Waals surface area contributed by atoms with Gasteiger partial charge in [0.25, 0.3) is 0 Å². The Labute approximate surface area is 241 Å². The SMILES string of the molecule is Cc1cc2ccccc2c2c1oc1c(-c3cccc(-c4cnc5c6ccccc6c6ccccc6c5n4)c3)cccc12. The second kappa shape index (κ2) is 8.73. The van der Waals surface area contributed by atoms with E-state index in [2.05, 4.69) is 128 Å². The van der Waals surface area contributed by atoms with Crippen LogP contribution in [0.15, 0.2) is 132 Å². The second-order valence-corrected chi connectivity index (χ2v) is 11.0. The van der Waals surface area contributed by atoms with E-state index in [0.29, 0.717) is 0 Å². The van der Waals surface area contributed by atoms with E-state index in [0.717, 1.165) is 66.3 Å².